The molecule has 76 valence electrons. The first-order valence-electron chi connectivity index (χ1n) is 4.45. The predicted molar refractivity (Wildman–Crippen MR) is 53.9 cm³/mol. The highest BCUT2D eigenvalue weighted by molar-refractivity contribution is 8.00. The predicted octanol–water partition coefficient (Wildman–Crippen LogP) is -0.0658. The van der Waals surface area contributed by atoms with Crippen molar-refractivity contribution in [2.24, 2.45) is 5.92 Å². The Hall–Kier alpha value is 0.220. The average Bonchev–Trinajstić information content (AvgIpc) is 2.01. The number of thioether (sulfide) groups is 1. The Balaban J connectivity index is 2.08. The largest absolute Gasteiger partial charge is 0.277 e. The van der Waals surface area contributed by atoms with Crippen LogP contribution in [-0.4, -0.2) is 32.0 Å². The highest BCUT2D eigenvalue weighted by Gasteiger charge is 2.36. The number of hydrogen-bond donors (Lipinski definition) is 2. The van der Waals surface area contributed by atoms with Crippen molar-refractivity contribution in [1.82, 2.24) is 9.44 Å². The van der Waals surface area contributed by atoms with E-state index in [1.807, 2.05) is 11.8 Å². The Morgan fingerprint density at radius 3 is 3.00 bits per heavy atom. The van der Waals surface area contributed by atoms with Crippen molar-refractivity contribution in [1.29, 1.82) is 0 Å². The zero-order valence-electron chi connectivity index (χ0n) is 7.49. The second-order valence-corrected chi connectivity index (χ2v) is 6.59. The molecule has 0 amide bonds. The van der Waals surface area contributed by atoms with Crippen molar-refractivity contribution in [3.8, 4) is 0 Å². The zero-order chi connectivity index (χ0) is 9.47. The summed E-state index contributed by atoms with van der Waals surface area (Å²) in [6.45, 7) is 2.75. The first kappa shape index (κ1) is 9.76. The van der Waals surface area contributed by atoms with E-state index in [-0.39, 0.29) is 6.04 Å². The van der Waals surface area contributed by atoms with Crippen LogP contribution in [0.25, 0.3) is 0 Å². The second-order valence-electron chi connectivity index (χ2n) is 3.79. The zero-order valence-corrected chi connectivity index (χ0v) is 9.12. The fourth-order valence-electron chi connectivity index (χ4n) is 1.82. The minimum Gasteiger partial charge on any atom is -0.201 e. The molecule has 0 aliphatic carbocycles. The molecule has 0 bridgehead atoms. The van der Waals surface area contributed by atoms with Gasteiger partial charge in [0.25, 0.3) is 10.2 Å². The Labute approximate surface area is 83.0 Å². The molecule has 2 saturated heterocycles. The number of nitrogens with one attached hydrogen (secondary N) is 2. The monoisotopic (exact) mass is 222 g/mol. The molecule has 0 radical (unpaired) electrons. The molecule has 13 heavy (non-hydrogen) atoms. The van der Waals surface area contributed by atoms with E-state index in [0.29, 0.717) is 17.7 Å². The molecule has 2 aliphatic heterocycles. The molecule has 2 N–H and O–H groups in total. The van der Waals surface area contributed by atoms with E-state index in [1.54, 1.807) is 0 Å². The minimum absolute atomic E-state index is 0.139. The van der Waals surface area contributed by atoms with Crippen molar-refractivity contribution in [2.75, 3.05) is 12.3 Å². The molecule has 3 unspecified atom stereocenters. The fourth-order valence-corrected chi connectivity index (χ4v) is 4.47. The molecule has 3 atom stereocenters. The lowest BCUT2D eigenvalue weighted by atomic mass is 10.0. The summed E-state index contributed by atoms with van der Waals surface area (Å²) in [5.41, 5.74) is 0. The molecular formula is C7H14N2O2S2. The summed E-state index contributed by atoms with van der Waals surface area (Å²) in [7, 11) is -3.19. The number of hydrogen-bond acceptors (Lipinski definition) is 3. The van der Waals surface area contributed by atoms with Gasteiger partial charge >= 0.3 is 0 Å². The van der Waals surface area contributed by atoms with Gasteiger partial charge in [0.1, 0.15) is 0 Å². The van der Waals surface area contributed by atoms with E-state index >= 15 is 0 Å². The summed E-state index contributed by atoms with van der Waals surface area (Å²) in [6.07, 6.45) is 0.971. The first-order valence-corrected chi connectivity index (χ1v) is 6.98. The average molecular weight is 222 g/mol. The normalized spacial score (nSPS) is 43.9. The van der Waals surface area contributed by atoms with Gasteiger partial charge in [0, 0.05) is 17.8 Å². The lowest BCUT2D eigenvalue weighted by Crippen LogP contribution is -2.58. The van der Waals surface area contributed by atoms with Crippen LogP contribution < -0.4 is 9.44 Å². The molecule has 2 heterocycles. The van der Waals surface area contributed by atoms with E-state index in [4.69, 9.17) is 0 Å². The van der Waals surface area contributed by atoms with E-state index in [0.717, 1.165) is 12.2 Å². The summed E-state index contributed by atoms with van der Waals surface area (Å²) in [6, 6.07) is 0.139. The number of fused-ring (bicyclic) bond motifs is 1. The summed E-state index contributed by atoms with van der Waals surface area (Å²) >= 11 is 1.87. The van der Waals surface area contributed by atoms with Gasteiger partial charge in [-0.3, -0.25) is 0 Å². The van der Waals surface area contributed by atoms with Gasteiger partial charge in [0.05, 0.1) is 0 Å². The molecule has 2 rings (SSSR count). The minimum atomic E-state index is -3.19. The van der Waals surface area contributed by atoms with E-state index in [1.165, 1.54) is 0 Å². The molecule has 0 spiro atoms. The summed E-state index contributed by atoms with van der Waals surface area (Å²) in [5, 5.41) is 0.416. The van der Waals surface area contributed by atoms with Crippen LogP contribution in [0.1, 0.15) is 13.3 Å². The molecule has 0 aromatic heterocycles. The van der Waals surface area contributed by atoms with Gasteiger partial charge in [0.15, 0.2) is 0 Å². The third kappa shape index (κ3) is 2.18. The molecule has 6 heteroatoms. The lowest BCUT2D eigenvalue weighted by molar-refractivity contribution is 0.413. The van der Waals surface area contributed by atoms with Crippen LogP contribution in [0.3, 0.4) is 0 Å². The topological polar surface area (TPSA) is 58.2 Å². The van der Waals surface area contributed by atoms with Gasteiger partial charge in [-0.25, -0.2) is 4.72 Å². The Morgan fingerprint density at radius 1 is 1.46 bits per heavy atom. The molecule has 0 saturated carbocycles. The van der Waals surface area contributed by atoms with Gasteiger partial charge in [-0.1, -0.05) is 6.92 Å². The first-order chi connectivity index (χ1) is 6.07. The third-order valence-electron chi connectivity index (χ3n) is 2.48. The molecule has 2 fully saturated rings. The van der Waals surface area contributed by atoms with Crippen molar-refractivity contribution in [3.05, 3.63) is 0 Å². The van der Waals surface area contributed by atoms with Crippen molar-refractivity contribution in [2.45, 2.75) is 24.6 Å². The maximum atomic E-state index is 11.2. The van der Waals surface area contributed by atoms with E-state index in [9.17, 15) is 8.42 Å². The quantitative estimate of drug-likeness (QED) is 0.603. The number of rotatable bonds is 0. The van der Waals surface area contributed by atoms with E-state index in [2.05, 4.69) is 16.4 Å². The maximum absolute atomic E-state index is 11.2. The Bertz CT molecular complexity index is 291. The van der Waals surface area contributed by atoms with Gasteiger partial charge < -0.3 is 0 Å². The maximum Gasteiger partial charge on any atom is 0.277 e. The van der Waals surface area contributed by atoms with Crippen LogP contribution in [0, 0.1) is 5.92 Å². The van der Waals surface area contributed by atoms with Crippen LogP contribution in [0.15, 0.2) is 0 Å². The van der Waals surface area contributed by atoms with Gasteiger partial charge in [-0.2, -0.15) is 24.9 Å². The third-order valence-corrected chi connectivity index (χ3v) is 5.33. The summed E-state index contributed by atoms with van der Waals surface area (Å²) in [5.74, 6) is 1.76. The Morgan fingerprint density at radius 2 is 2.23 bits per heavy atom. The molecule has 0 aromatic carbocycles. The van der Waals surface area contributed by atoms with Crippen molar-refractivity contribution >= 4 is 22.0 Å². The Kier molecular flexibility index (Phi) is 2.57. The summed E-state index contributed by atoms with van der Waals surface area (Å²) in [4.78, 5) is 0. The van der Waals surface area contributed by atoms with Crippen molar-refractivity contribution < 1.29 is 8.42 Å². The summed E-state index contributed by atoms with van der Waals surface area (Å²) < 4.78 is 27.5. The molecule has 4 nitrogen and oxygen atoms in total. The van der Waals surface area contributed by atoms with Crippen LogP contribution >= 0.6 is 11.8 Å². The molecule has 0 aromatic rings. The van der Waals surface area contributed by atoms with Crippen LogP contribution in [0.2, 0.25) is 0 Å². The molecular weight excluding hydrogens is 208 g/mol. The lowest BCUT2D eigenvalue weighted by Gasteiger charge is -2.38. The van der Waals surface area contributed by atoms with Crippen LogP contribution in [0.4, 0.5) is 0 Å². The standard InChI is InChI=1S/C7H14N2O2S2/c1-5-2-6-7(12-4-5)3-8-13(10,11)9-6/h5-9H,2-4H2,1H3. The van der Waals surface area contributed by atoms with Crippen LogP contribution in [0.5, 0.6) is 0 Å². The highest BCUT2D eigenvalue weighted by atomic mass is 32.2. The smallest absolute Gasteiger partial charge is 0.201 e. The van der Waals surface area contributed by atoms with E-state index < -0.39 is 10.2 Å². The van der Waals surface area contributed by atoms with Crippen molar-refractivity contribution in [3.63, 3.8) is 0 Å². The van der Waals surface area contributed by atoms with Gasteiger partial charge in [0.2, 0.25) is 0 Å². The van der Waals surface area contributed by atoms with Gasteiger partial charge in [-0.15, -0.1) is 0 Å². The van der Waals surface area contributed by atoms with Crippen LogP contribution in [-0.2, 0) is 10.2 Å². The van der Waals surface area contributed by atoms with Gasteiger partial charge in [-0.05, 0) is 18.1 Å². The molecule has 2 aliphatic rings. The highest BCUT2D eigenvalue weighted by Crippen LogP contribution is 2.30. The fraction of sp³-hybridized carbons (Fsp3) is 1.00. The second kappa shape index (κ2) is 3.42. The SMILES string of the molecule is CC1CSC2CNS(=O)(=O)NC2C1.